The van der Waals surface area contributed by atoms with Gasteiger partial charge in [0.15, 0.2) is 0 Å². The van der Waals surface area contributed by atoms with E-state index in [0.717, 1.165) is 19.3 Å². The fourth-order valence-corrected chi connectivity index (χ4v) is 1.37. The molecule has 4 heteroatoms. The topological polar surface area (TPSA) is 66.4 Å². The van der Waals surface area contributed by atoms with Gasteiger partial charge < -0.3 is 10.4 Å². The molecule has 0 spiro atoms. The van der Waals surface area contributed by atoms with Crippen molar-refractivity contribution < 1.29 is 14.7 Å². The van der Waals surface area contributed by atoms with Crippen molar-refractivity contribution in [3.63, 3.8) is 0 Å². The number of carboxylic acid groups (broad SMARTS) is 1. The van der Waals surface area contributed by atoms with E-state index in [-0.39, 0.29) is 18.4 Å². The molecular weight excluding hydrogens is 206 g/mol. The summed E-state index contributed by atoms with van der Waals surface area (Å²) in [5.74, 6) is -0.949. The standard InChI is InChI=1S/C12H21NO3/c1-3-4-5-6-7-8-11(14)13-10(2)9-12(15)16/h3-4,10H,5-9H2,1-2H3,(H,13,14)(H,15,16)/b4-3+. The maximum absolute atomic E-state index is 11.3. The van der Waals surface area contributed by atoms with Gasteiger partial charge in [-0.3, -0.25) is 9.59 Å². The van der Waals surface area contributed by atoms with Gasteiger partial charge in [-0.15, -0.1) is 0 Å². The number of carbonyl (C=O) groups is 2. The highest BCUT2D eigenvalue weighted by Gasteiger charge is 2.10. The van der Waals surface area contributed by atoms with Crippen LogP contribution in [0.1, 0.15) is 46.0 Å². The molecule has 0 saturated heterocycles. The molecule has 16 heavy (non-hydrogen) atoms. The van der Waals surface area contributed by atoms with Crippen molar-refractivity contribution in [1.29, 1.82) is 0 Å². The molecule has 1 amide bonds. The minimum Gasteiger partial charge on any atom is -0.481 e. The number of hydrogen-bond acceptors (Lipinski definition) is 2. The molecule has 2 N–H and O–H groups in total. The molecule has 0 aromatic heterocycles. The second kappa shape index (κ2) is 8.95. The minimum atomic E-state index is -0.888. The number of amides is 1. The summed E-state index contributed by atoms with van der Waals surface area (Å²) in [5, 5.41) is 11.2. The van der Waals surface area contributed by atoms with Crippen molar-refractivity contribution >= 4 is 11.9 Å². The van der Waals surface area contributed by atoms with Gasteiger partial charge in [0.05, 0.1) is 6.42 Å². The van der Waals surface area contributed by atoms with Crippen molar-refractivity contribution in [2.24, 2.45) is 0 Å². The molecule has 4 nitrogen and oxygen atoms in total. The Balaban J connectivity index is 3.54. The van der Waals surface area contributed by atoms with Crippen LogP contribution in [0.25, 0.3) is 0 Å². The monoisotopic (exact) mass is 227 g/mol. The third kappa shape index (κ3) is 9.24. The van der Waals surface area contributed by atoms with Crippen LogP contribution in [0.3, 0.4) is 0 Å². The number of hydrogen-bond donors (Lipinski definition) is 2. The molecule has 0 heterocycles. The van der Waals surface area contributed by atoms with E-state index in [1.54, 1.807) is 6.92 Å². The highest BCUT2D eigenvalue weighted by Crippen LogP contribution is 2.01. The van der Waals surface area contributed by atoms with Gasteiger partial charge in [0.25, 0.3) is 0 Å². The van der Waals surface area contributed by atoms with Crippen LogP contribution in [0, 0.1) is 0 Å². The predicted molar refractivity (Wildman–Crippen MR) is 63.1 cm³/mol. The van der Waals surface area contributed by atoms with Crippen LogP contribution in [0.2, 0.25) is 0 Å². The molecule has 1 unspecified atom stereocenters. The zero-order chi connectivity index (χ0) is 12.4. The summed E-state index contributed by atoms with van der Waals surface area (Å²) in [4.78, 5) is 21.7. The molecule has 0 aromatic carbocycles. The van der Waals surface area contributed by atoms with Gasteiger partial charge in [-0.1, -0.05) is 12.2 Å². The fraction of sp³-hybridized carbons (Fsp3) is 0.667. The Bertz CT molecular complexity index is 249. The lowest BCUT2D eigenvalue weighted by Gasteiger charge is -2.10. The molecule has 1 atom stereocenters. The lowest BCUT2D eigenvalue weighted by atomic mass is 10.1. The predicted octanol–water partition coefficient (Wildman–Crippen LogP) is 2.10. The van der Waals surface area contributed by atoms with Gasteiger partial charge >= 0.3 is 5.97 Å². The van der Waals surface area contributed by atoms with Gasteiger partial charge in [-0.05, 0) is 33.1 Å². The number of allylic oxidation sites excluding steroid dienone is 2. The Morgan fingerprint density at radius 3 is 2.62 bits per heavy atom. The highest BCUT2D eigenvalue weighted by molar-refractivity contribution is 5.77. The van der Waals surface area contributed by atoms with Crippen molar-refractivity contribution in [3.05, 3.63) is 12.2 Å². The molecule has 92 valence electrons. The molecule has 0 bridgehead atoms. The molecule has 0 aliphatic rings. The van der Waals surface area contributed by atoms with Crippen molar-refractivity contribution in [1.82, 2.24) is 5.32 Å². The van der Waals surface area contributed by atoms with Crippen LogP contribution >= 0.6 is 0 Å². The summed E-state index contributed by atoms with van der Waals surface area (Å²) < 4.78 is 0. The number of carbonyl (C=O) groups excluding carboxylic acids is 1. The smallest absolute Gasteiger partial charge is 0.305 e. The Kier molecular flexibility index (Phi) is 8.21. The van der Waals surface area contributed by atoms with Gasteiger partial charge in [-0.25, -0.2) is 0 Å². The molecule has 0 fully saturated rings. The van der Waals surface area contributed by atoms with E-state index in [1.807, 2.05) is 13.0 Å². The summed E-state index contributed by atoms with van der Waals surface area (Å²) >= 11 is 0. The lowest BCUT2D eigenvalue weighted by Crippen LogP contribution is -2.33. The Morgan fingerprint density at radius 1 is 1.38 bits per heavy atom. The first kappa shape index (κ1) is 14.7. The average Bonchev–Trinajstić information content (AvgIpc) is 2.15. The summed E-state index contributed by atoms with van der Waals surface area (Å²) in [5.41, 5.74) is 0. The molecule has 0 saturated carbocycles. The van der Waals surface area contributed by atoms with Crippen LogP contribution in [-0.2, 0) is 9.59 Å². The molecular formula is C12H21NO3. The molecule has 0 aliphatic heterocycles. The molecule has 0 radical (unpaired) electrons. The molecule has 0 aliphatic carbocycles. The van der Waals surface area contributed by atoms with Crippen molar-refractivity contribution in [2.75, 3.05) is 0 Å². The van der Waals surface area contributed by atoms with E-state index >= 15 is 0 Å². The Hall–Kier alpha value is -1.32. The first-order chi connectivity index (χ1) is 7.56. The number of aliphatic carboxylic acids is 1. The maximum Gasteiger partial charge on any atom is 0.305 e. The highest BCUT2D eigenvalue weighted by atomic mass is 16.4. The number of nitrogens with one attached hydrogen (secondary N) is 1. The Morgan fingerprint density at radius 2 is 2.06 bits per heavy atom. The lowest BCUT2D eigenvalue weighted by molar-refractivity contribution is -0.137. The summed E-state index contributed by atoms with van der Waals surface area (Å²) in [7, 11) is 0. The van der Waals surface area contributed by atoms with E-state index in [1.165, 1.54) is 0 Å². The SMILES string of the molecule is C/C=C/CCCCC(=O)NC(C)CC(=O)O. The fourth-order valence-electron chi connectivity index (χ4n) is 1.37. The largest absolute Gasteiger partial charge is 0.481 e. The maximum atomic E-state index is 11.3. The van der Waals surface area contributed by atoms with Gasteiger partial charge in [0.1, 0.15) is 0 Å². The van der Waals surface area contributed by atoms with Gasteiger partial charge in [0, 0.05) is 12.5 Å². The zero-order valence-corrected chi connectivity index (χ0v) is 10.0. The normalized spacial score (nSPS) is 12.6. The third-order valence-corrected chi connectivity index (χ3v) is 2.15. The van der Waals surface area contributed by atoms with E-state index < -0.39 is 5.97 Å². The second-order valence-electron chi connectivity index (χ2n) is 3.88. The second-order valence-corrected chi connectivity index (χ2v) is 3.88. The van der Waals surface area contributed by atoms with Crippen LogP contribution in [0.5, 0.6) is 0 Å². The van der Waals surface area contributed by atoms with Crippen LogP contribution < -0.4 is 5.32 Å². The van der Waals surface area contributed by atoms with Crippen LogP contribution in [0.4, 0.5) is 0 Å². The van der Waals surface area contributed by atoms with E-state index in [9.17, 15) is 9.59 Å². The first-order valence-corrected chi connectivity index (χ1v) is 5.68. The molecule has 0 aromatic rings. The van der Waals surface area contributed by atoms with Crippen molar-refractivity contribution in [2.45, 2.75) is 52.0 Å². The number of unbranched alkanes of at least 4 members (excludes halogenated alkanes) is 2. The van der Waals surface area contributed by atoms with Crippen LogP contribution in [-0.4, -0.2) is 23.0 Å². The summed E-state index contributed by atoms with van der Waals surface area (Å²) in [6, 6.07) is -0.291. The summed E-state index contributed by atoms with van der Waals surface area (Å²) in [6.45, 7) is 3.67. The van der Waals surface area contributed by atoms with E-state index in [4.69, 9.17) is 5.11 Å². The Labute approximate surface area is 96.7 Å². The van der Waals surface area contributed by atoms with Gasteiger partial charge in [-0.2, -0.15) is 0 Å². The van der Waals surface area contributed by atoms with E-state index in [2.05, 4.69) is 11.4 Å². The average molecular weight is 227 g/mol. The zero-order valence-electron chi connectivity index (χ0n) is 10.0. The van der Waals surface area contributed by atoms with E-state index in [0.29, 0.717) is 6.42 Å². The summed E-state index contributed by atoms with van der Waals surface area (Å²) in [6.07, 6.45) is 7.35. The van der Waals surface area contributed by atoms with Crippen molar-refractivity contribution in [3.8, 4) is 0 Å². The molecule has 0 rings (SSSR count). The number of carboxylic acids is 1. The number of rotatable bonds is 8. The van der Waals surface area contributed by atoms with Crippen LogP contribution in [0.15, 0.2) is 12.2 Å². The van der Waals surface area contributed by atoms with Gasteiger partial charge in [0.2, 0.25) is 5.91 Å². The quantitative estimate of drug-likeness (QED) is 0.493. The minimum absolute atomic E-state index is 0.0235. The third-order valence-electron chi connectivity index (χ3n) is 2.15. The first-order valence-electron chi connectivity index (χ1n) is 5.68.